The van der Waals surface area contributed by atoms with Crippen LogP contribution in [0.4, 0.5) is 10.6 Å². The van der Waals surface area contributed by atoms with E-state index in [9.17, 15) is 90.7 Å². The molecule has 0 aromatic carbocycles. The molecule has 0 saturated carbocycles. The van der Waals surface area contributed by atoms with Crippen LogP contribution in [0.1, 0.15) is 64.7 Å². The Morgan fingerprint density at radius 2 is 1.42 bits per heavy atom. The Balaban J connectivity index is 0.0000238. The van der Waals surface area contributed by atoms with Gasteiger partial charge >= 0.3 is 17.7 Å². The summed E-state index contributed by atoms with van der Waals surface area (Å²) in [5.74, 6) is -4.52. The summed E-state index contributed by atoms with van der Waals surface area (Å²) < 4.78 is 1.89. The van der Waals surface area contributed by atoms with Gasteiger partial charge in [-0.1, -0.05) is 0 Å². The number of amides is 4. The number of nitrogens with one attached hydrogen (secondary N) is 4. The number of rotatable bonds is 30. The van der Waals surface area contributed by atoms with Crippen molar-refractivity contribution in [2.75, 3.05) is 31.6 Å². The van der Waals surface area contributed by atoms with E-state index >= 15 is 0 Å². The number of primary amides is 1. The third-order valence-corrected chi connectivity index (χ3v) is 12.4. The van der Waals surface area contributed by atoms with Crippen LogP contribution >= 0.6 is 11.8 Å². The van der Waals surface area contributed by atoms with Crippen molar-refractivity contribution in [3.05, 3.63) is 22.7 Å². The number of carbonyl (C=O) groups is 4. The fourth-order valence-corrected chi connectivity index (χ4v) is 8.23. The molecular weight excluding hydrogens is 988 g/mol. The van der Waals surface area contributed by atoms with E-state index in [4.69, 9.17) is 11.5 Å². The van der Waals surface area contributed by atoms with E-state index < -0.39 is 132 Å². The van der Waals surface area contributed by atoms with Crippen molar-refractivity contribution in [3.8, 4) is 0 Å². The first-order valence-electron chi connectivity index (χ1n) is 21.4. The topological polar surface area (TPSA) is 479 Å². The van der Waals surface area contributed by atoms with Crippen molar-refractivity contribution in [1.82, 2.24) is 35.7 Å². The molecular formula is C37H69FeN12O18S+. The summed E-state index contributed by atoms with van der Waals surface area (Å²) in [5.41, 5.74) is 9.89. The average molecular weight is 1060 g/mol. The Hall–Kier alpha value is -3.58. The van der Waals surface area contributed by atoms with Gasteiger partial charge in [0.2, 0.25) is 11.7 Å². The van der Waals surface area contributed by atoms with E-state index in [1.807, 2.05) is 5.32 Å². The molecule has 0 radical (unpaired) electrons. The first kappa shape index (κ1) is 63.4. The number of carboxylic acid groups (broad SMARTS) is 1. The molecule has 0 aliphatic carbocycles. The molecule has 398 valence electrons. The van der Waals surface area contributed by atoms with Crippen LogP contribution in [-0.2, 0) is 38.5 Å². The number of hydroxylamine groups is 6. The number of aliphatic imine (C=N–C) groups is 1. The fourth-order valence-electron chi connectivity index (χ4n) is 6.65. The molecule has 32 heteroatoms. The van der Waals surface area contributed by atoms with Crippen molar-refractivity contribution in [2.24, 2.45) is 23.5 Å². The van der Waals surface area contributed by atoms with Crippen LogP contribution in [0, 0.1) is 0 Å². The minimum atomic E-state index is -2.28. The number of thioether (sulfide) groups is 1. The van der Waals surface area contributed by atoms with Gasteiger partial charge in [0.25, 0.3) is 5.91 Å². The Morgan fingerprint density at radius 1 is 0.884 bits per heavy atom. The first-order chi connectivity index (χ1) is 31.7. The number of nitrogens with zero attached hydrogens (tertiary/aromatic N) is 6. The van der Waals surface area contributed by atoms with E-state index in [2.05, 4.69) is 20.9 Å². The smallest absolute Gasteiger partial charge is 0.480 e. The quantitative estimate of drug-likeness (QED) is 0.0112. The fraction of sp³-hybridized carbons (Fsp3) is 0.757. The SMILES string of the molecule is CC(O)N(O)CCC/C(=N/[C@@H](O)[C@@H](CCCN(O)C(C)O)N[C@@H](O)C(N)CCCN(O)C(C)O)C(=O)N[C@@H](CO)C(=O)N[C@@H](C(=O)O)[C@@H](O)[C@H]1S[C@@H]([n+]2ccc(NC(N)=O)n(C)c2=O)[C@@H](O)[C@@H]1O.[Fe]. The zero-order chi connectivity index (χ0) is 51.7. The molecule has 0 spiro atoms. The molecule has 1 aliphatic heterocycles. The van der Waals surface area contributed by atoms with Crippen molar-refractivity contribution in [3.63, 3.8) is 0 Å². The number of aliphatic hydroxyl groups excluding tert-OH is 9. The second-order valence-corrected chi connectivity index (χ2v) is 17.4. The van der Waals surface area contributed by atoms with Crippen molar-refractivity contribution < 1.29 is 108 Å². The summed E-state index contributed by atoms with van der Waals surface area (Å²) in [6.45, 7) is 2.21. The molecule has 1 saturated heterocycles. The summed E-state index contributed by atoms with van der Waals surface area (Å²) in [6.07, 6.45) is -12.3. The summed E-state index contributed by atoms with van der Waals surface area (Å²) >= 11 is 0.574. The van der Waals surface area contributed by atoms with Crippen molar-refractivity contribution >= 4 is 47.1 Å². The number of carboxylic acids is 1. The summed E-state index contributed by atoms with van der Waals surface area (Å²) in [6, 6.07) is -6.28. The van der Waals surface area contributed by atoms with E-state index in [1.54, 1.807) is 0 Å². The summed E-state index contributed by atoms with van der Waals surface area (Å²) in [4.78, 5) is 68.3. The van der Waals surface area contributed by atoms with Gasteiger partial charge in [-0.3, -0.25) is 25.2 Å². The second-order valence-electron chi connectivity index (χ2n) is 16.1. The molecule has 2 rings (SSSR count). The van der Waals surface area contributed by atoms with Gasteiger partial charge in [-0.2, -0.15) is 29.1 Å². The van der Waals surface area contributed by atoms with Crippen LogP contribution in [0.25, 0.3) is 0 Å². The van der Waals surface area contributed by atoms with Gasteiger partial charge in [0.1, 0.15) is 49.0 Å². The Labute approximate surface area is 410 Å². The molecule has 1 aliphatic rings. The average Bonchev–Trinajstić information content (AvgIpc) is 3.56. The van der Waals surface area contributed by atoms with Crippen LogP contribution in [0.5, 0.6) is 0 Å². The zero-order valence-electron chi connectivity index (χ0n) is 38.3. The maximum atomic E-state index is 13.8. The molecule has 21 N–H and O–H groups in total. The van der Waals surface area contributed by atoms with Crippen molar-refractivity contribution in [1.29, 1.82) is 0 Å². The number of hydrogen-bond donors (Lipinski definition) is 19. The zero-order valence-corrected chi connectivity index (χ0v) is 40.2. The number of hydrogen-bond acceptors (Lipinski definition) is 24. The number of aliphatic carboxylic acids is 1. The molecule has 4 amide bonds. The number of urea groups is 1. The van der Waals surface area contributed by atoms with Gasteiger partial charge in [-0.25, -0.2) is 9.59 Å². The number of nitrogens with two attached hydrogens (primary N) is 2. The number of aliphatic hydroxyl groups is 9. The largest absolute Gasteiger partial charge is 0.500 e. The normalized spacial score (nSPS) is 21.9. The van der Waals surface area contributed by atoms with E-state index in [0.29, 0.717) is 27.0 Å². The van der Waals surface area contributed by atoms with E-state index in [-0.39, 0.29) is 74.6 Å². The number of anilines is 1. The Bertz CT molecular complexity index is 1880. The van der Waals surface area contributed by atoms with Gasteiger partial charge < -0.3 is 88.8 Å². The molecule has 2 heterocycles. The third kappa shape index (κ3) is 19.5. The molecule has 1 fully saturated rings. The Morgan fingerprint density at radius 3 is 1.93 bits per heavy atom. The van der Waals surface area contributed by atoms with E-state index in [1.165, 1.54) is 33.9 Å². The third-order valence-electron chi connectivity index (χ3n) is 10.7. The predicted octanol–water partition coefficient (Wildman–Crippen LogP) is -7.30. The molecule has 1 aromatic heterocycles. The molecule has 1 aromatic rings. The van der Waals surface area contributed by atoms with Crippen molar-refractivity contribution in [2.45, 2.75) is 144 Å². The Kier molecular flexibility index (Phi) is 27.9. The molecule has 30 nitrogen and oxygen atoms in total. The van der Waals surface area contributed by atoms with Gasteiger partial charge in [0, 0.05) is 48.8 Å². The van der Waals surface area contributed by atoms with Gasteiger partial charge in [0.05, 0.1) is 37.2 Å². The second kappa shape index (κ2) is 30.3. The van der Waals surface area contributed by atoms with Crippen LogP contribution < -0.4 is 43.0 Å². The predicted molar refractivity (Wildman–Crippen MR) is 235 cm³/mol. The van der Waals surface area contributed by atoms with Crippen LogP contribution in [0.2, 0.25) is 0 Å². The maximum absolute atomic E-state index is 13.8. The standard InChI is InChI=1S/C37H68N12O18S.Fe/c1-17(51)47(65)12-5-8-20(38)30(57)40-21(9-6-13-48(66)18(2)52)31(58)41-22(10-7-14-49(67)19(3)53)32(59)42-23(16-50)33(60)44-25(35(61)62)26(54)29-27(55)28(56)34(68-29)46-15-11-24(43-36(39)63)45(4)37(46)64;/h11,15,17-21,23,25-31,34,40,50-58,65-67H,5-10,12-14,16,38H2,1-4H3,(H5,39,42,44,59,60,61,62,63);/p+1/b41-22-;/t17?,18?,19?,20?,21-,23+,25-,26-,27+,28+,29-,30+,31+,34-;/m1./s1. The van der Waals surface area contributed by atoms with Gasteiger partial charge in [0.15, 0.2) is 17.6 Å². The minimum Gasteiger partial charge on any atom is -0.480 e. The summed E-state index contributed by atoms with van der Waals surface area (Å²) in [7, 11) is 1.26. The minimum absolute atomic E-state index is 0. The van der Waals surface area contributed by atoms with E-state index in [0.717, 1.165) is 15.3 Å². The van der Waals surface area contributed by atoms with Gasteiger partial charge in [-0.15, -0.1) is 11.8 Å². The first-order valence-corrected chi connectivity index (χ1v) is 22.3. The van der Waals surface area contributed by atoms with Gasteiger partial charge in [-0.05, 0) is 59.3 Å². The monoisotopic (exact) mass is 1060 g/mol. The maximum Gasteiger partial charge on any atom is 0.500 e. The van der Waals surface area contributed by atoms with Crippen LogP contribution in [-0.4, -0.2) is 221 Å². The number of carbonyl (C=O) groups excluding carboxylic acids is 3. The molecule has 69 heavy (non-hydrogen) atoms. The number of aromatic nitrogens is 2. The van der Waals surface area contributed by atoms with Crippen LogP contribution in [0.15, 0.2) is 22.1 Å². The molecule has 0 bridgehead atoms. The molecule has 14 atom stereocenters. The summed E-state index contributed by atoms with van der Waals surface area (Å²) in [5, 5.41) is 142. The van der Waals surface area contributed by atoms with Crippen LogP contribution in [0.3, 0.4) is 0 Å². The molecule has 4 unspecified atom stereocenters.